The van der Waals surface area contributed by atoms with Gasteiger partial charge in [0.1, 0.15) is 11.4 Å². The largest absolute Gasteiger partial charge is 0.504 e. The van der Waals surface area contributed by atoms with Gasteiger partial charge < -0.3 is 14.9 Å². The van der Waals surface area contributed by atoms with E-state index in [4.69, 9.17) is 4.74 Å². The zero-order valence-electron chi connectivity index (χ0n) is 9.24. The highest BCUT2D eigenvalue weighted by atomic mass is 16.5. The lowest BCUT2D eigenvalue weighted by molar-refractivity contribution is 0.0741. The zero-order chi connectivity index (χ0) is 11.2. The molecule has 3 heteroatoms. The van der Waals surface area contributed by atoms with Crippen LogP contribution in [0.15, 0.2) is 12.1 Å². The van der Waals surface area contributed by atoms with Crippen LogP contribution in [0.1, 0.15) is 38.7 Å². The van der Waals surface area contributed by atoms with E-state index in [1.54, 1.807) is 6.07 Å². The topological polar surface area (TPSA) is 49.7 Å². The molecule has 2 rings (SSSR count). The zero-order valence-corrected chi connectivity index (χ0v) is 9.24. The molecule has 0 spiro atoms. The maximum absolute atomic E-state index is 9.42. The van der Waals surface area contributed by atoms with Crippen LogP contribution in [0.2, 0.25) is 0 Å². The van der Waals surface area contributed by atoms with E-state index in [1.165, 1.54) is 6.07 Å². The summed E-state index contributed by atoms with van der Waals surface area (Å²) in [5, 5.41) is 18.8. The van der Waals surface area contributed by atoms with Crippen molar-refractivity contribution in [1.29, 1.82) is 0 Å². The highest BCUT2D eigenvalue weighted by molar-refractivity contribution is 5.51. The Bertz CT molecular complexity index is 396. The first-order valence-electron chi connectivity index (χ1n) is 5.14. The molecule has 2 N–H and O–H groups in total. The Morgan fingerprint density at radius 3 is 2.53 bits per heavy atom. The Hall–Kier alpha value is -1.38. The van der Waals surface area contributed by atoms with Gasteiger partial charge in [-0.1, -0.05) is 6.92 Å². The predicted octanol–water partition coefficient (Wildman–Crippen LogP) is 2.76. The molecule has 1 aliphatic rings. The van der Waals surface area contributed by atoms with Gasteiger partial charge in [-0.15, -0.1) is 0 Å². The Morgan fingerprint density at radius 2 is 1.87 bits per heavy atom. The smallest absolute Gasteiger partial charge is 0.161 e. The van der Waals surface area contributed by atoms with Gasteiger partial charge >= 0.3 is 0 Å². The van der Waals surface area contributed by atoms with Crippen molar-refractivity contribution in [3.8, 4) is 17.2 Å². The highest BCUT2D eigenvalue weighted by Gasteiger charge is 2.32. The second-order valence-corrected chi connectivity index (χ2v) is 4.85. The van der Waals surface area contributed by atoms with Crippen molar-refractivity contribution in [1.82, 2.24) is 0 Å². The monoisotopic (exact) mass is 208 g/mol. The molecule has 0 saturated carbocycles. The van der Waals surface area contributed by atoms with Gasteiger partial charge in [-0.2, -0.15) is 0 Å². The van der Waals surface area contributed by atoms with Crippen molar-refractivity contribution in [2.24, 2.45) is 0 Å². The van der Waals surface area contributed by atoms with Gasteiger partial charge in [-0.25, -0.2) is 0 Å². The Labute approximate surface area is 89.3 Å². The number of rotatable bonds is 0. The molecular formula is C12H16O3. The molecule has 1 atom stereocenters. The van der Waals surface area contributed by atoms with Crippen LogP contribution in [-0.2, 0) is 0 Å². The van der Waals surface area contributed by atoms with Crippen LogP contribution in [0.25, 0.3) is 0 Å². The summed E-state index contributed by atoms with van der Waals surface area (Å²) in [6.45, 7) is 6.15. The summed E-state index contributed by atoms with van der Waals surface area (Å²) in [4.78, 5) is 0. The first-order chi connectivity index (χ1) is 6.89. The summed E-state index contributed by atoms with van der Waals surface area (Å²) in [5.74, 6) is 0.798. The number of ether oxygens (including phenoxy) is 1. The molecule has 15 heavy (non-hydrogen) atoms. The summed E-state index contributed by atoms with van der Waals surface area (Å²) in [7, 11) is 0. The minimum absolute atomic E-state index is 0.0797. The van der Waals surface area contributed by atoms with Crippen molar-refractivity contribution < 1.29 is 14.9 Å². The number of aromatic hydroxyl groups is 2. The van der Waals surface area contributed by atoms with Crippen molar-refractivity contribution in [3.05, 3.63) is 17.7 Å². The van der Waals surface area contributed by atoms with Crippen molar-refractivity contribution in [2.45, 2.75) is 38.7 Å². The maximum Gasteiger partial charge on any atom is 0.161 e. The molecule has 0 aromatic heterocycles. The summed E-state index contributed by atoms with van der Waals surface area (Å²) in [6, 6.07) is 3.08. The van der Waals surface area contributed by atoms with Gasteiger partial charge in [0.05, 0.1) is 0 Å². The summed E-state index contributed by atoms with van der Waals surface area (Å²) in [5.41, 5.74) is 0.750. The Kier molecular flexibility index (Phi) is 2.07. The Balaban J connectivity index is 2.51. The normalized spacial score (nSPS) is 23.0. The molecule has 1 aromatic carbocycles. The first kappa shape index (κ1) is 10.1. The minimum Gasteiger partial charge on any atom is -0.504 e. The molecule has 1 aromatic rings. The number of benzene rings is 1. The van der Waals surface area contributed by atoms with Gasteiger partial charge in [-0.05, 0) is 32.3 Å². The molecule has 82 valence electrons. The fourth-order valence-electron chi connectivity index (χ4n) is 2.23. The summed E-state index contributed by atoms with van der Waals surface area (Å²) < 4.78 is 5.75. The third-order valence-corrected chi connectivity index (χ3v) is 2.82. The average Bonchev–Trinajstić information content (AvgIpc) is 2.07. The van der Waals surface area contributed by atoms with Crippen LogP contribution < -0.4 is 4.74 Å². The summed E-state index contributed by atoms with van der Waals surface area (Å²) in [6.07, 6.45) is 0.907. The van der Waals surface area contributed by atoms with Gasteiger partial charge in [0.15, 0.2) is 11.5 Å². The van der Waals surface area contributed by atoms with E-state index in [1.807, 2.05) is 13.8 Å². The third kappa shape index (κ3) is 1.74. The molecule has 3 nitrogen and oxygen atoms in total. The van der Waals surface area contributed by atoms with Crippen molar-refractivity contribution in [3.63, 3.8) is 0 Å². The van der Waals surface area contributed by atoms with Gasteiger partial charge in [0.2, 0.25) is 0 Å². The number of phenolic OH excluding ortho intramolecular Hbond substituents is 2. The van der Waals surface area contributed by atoms with Crippen LogP contribution in [-0.4, -0.2) is 15.8 Å². The van der Waals surface area contributed by atoms with Gasteiger partial charge in [0, 0.05) is 11.6 Å². The molecule has 0 aliphatic carbocycles. The number of hydrogen-bond acceptors (Lipinski definition) is 3. The van der Waals surface area contributed by atoms with Gasteiger partial charge in [0.25, 0.3) is 0 Å². The Morgan fingerprint density at radius 1 is 1.27 bits per heavy atom. The van der Waals surface area contributed by atoms with Crippen LogP contribution in [0.3, 0.4) is 0 Å². The van der Waals surface area contributed by atoms with Crippen LogP contribution in [0, 0.1) is 0 Å². The van der Waals surface area contributed by atoms with E-state index in [0.29, 0.717) is 11.7 Å². The van der Waals surface area contributed by atoms with E-state index in [2.05, 4.69) is 6.92 Å². The molecular weight excluding hydrogens is 192 g/mol. The lowest BCUT2D eigenvalue weighted by atomic mass is 9.85. The second-order valence-electron chi connectivity index (χ2n) is 4.85. The lowest BCUT2D eigenvalue weighted by Crippen LogP contribution is -2.34. The average molecular weight is 208 g/mol. The fraction of sp³-hybridized carbons (Fsp3) is 0.500. The van der Waals surface area contributed by atoms with E-state index in [0.717, 1.165) is 12.0 Å². The summed E-state index contributed by atoms with van der Waals surface area (Å²) >= 11 is 0. The first-order valence-corrected chi connectivity index (χ1v) is 5.14. The van der Waals surface area contributed by atoms with Crippen LogP contribution >= 0.6 is 0 Å². The molecule has 0 amide bonds. The minimum atomic E-state index is -0.212. The lowest BCUT2D eigenvalue weighted by Gasteiger charge is -2.36. The van der Waals surface area contributed by atoms with Crippen molar-refractivity contribution >= 4 is 0 Å². The molecule has 1 unspecified atom stereocenters. The van der Waals surface area contributed by atoms with Crippen LogP contribution in [0.5, 0.6) is 17.2 Å². The van der Waals surface area contributed by atoms with Crippen LogP contribution in [0.4, 0.5) is 0 Å². The van der Waals surface area contributed by atoms with E-state index in [-0.39, 0.29) is 17.1 Å². The van der Waals surface area contributed by atoms with Crippen molar-refractivity contribution in [2.75, 3.05) is 0 Å². The molecule has 0 radical (unpaired) electrons. The van der Waals surface area contributed by atoms with Gasteiger partial charge in [-0.3, -0.25) is 0 Å². The third-order valence-electron chi connectivity index (χ3n) is 2.82. The standard InChI is InChI=1S/C12H16O3/c1-7-6-12(2,3)15-11-5-10(14)9(13)4-8(7)11/h4-5,7,13-14H,6H2,1-3H3. The molecule has 0 saturated heterocycles. The SMILES string of the molecule is CC1CC(C)(C)Oc2cc(O)c(O)cc21. The number of hydrogen-bond donors (Lipinski definition) is 2. The quantitative estimate of drug-likeness (QED) is 0.644. The number of phenols is 2. The molecule has 1 heterocycles. The van der Waals surface area contributed by atoms with E-state index < -0.39 is 0 Å². The molecule has 0 fully saturated rings. The molecule has 0 bridgehead atoms. The van der Waals surface area contributed by atoms with E-state index >= 15 is 0 Å². The predicted molar refractivity (Wildman–Crippen MR) is 57.5 cm³/mol. The number of fused-ring (bicyclic) bond motifs is 1. The highest BCUT2D eigenvalue weighted by Crippen LogP contribution is 2.44. The molecule has 1 aliphatic heterocycles. The fourth-order valence-corrected chi connectivity index (χ4v) is 2.23. The van der Waals surface area contributed by atoms with E-state index in [9.17, 15) is 10.2 Å². The second kappa shape index (κ2) is 3.05. The maximum atomic E-state index is 9.42.